The Morgan fingerprint density at radius 2 is 0.935 bits per heavy atom. The normalized spacial score (nSPS) is 12.3. The van der Waals surface area contributed by atoms with Gasteiger partial charge in [0.05, 0.1) is 0 Å². The molecule has 0 heterocycles. The van der Waals surface area contributed by atoms with Crippen molar-refractivity contribution in [1.82, 2.24) is 0 Å². The predicted octanol–water partition coefficient (Wildman–Crippen LogP) is 7.45. The molecule has 3 aliphatic carbocycles. The first-order valence-corrected chi connectivity index (χ1v) is 13.8. The van der Waals surface area contributed by atoms with Gasteiger partial charge in [-0.2, -0.15) is 0 Å². The third-order valence-electron chi connectivity index (χ3n) is 7.45. The van der Waals surface area contributed by atoms with Crippen LogP contribution in [0.2, 0.25) is 0 Å². The molecule has 0 aromatic rings. The highest BCUT2D eigenvalue weighted by Crippen LogP contribution is 2.38. The molecule has 0 saturated heterocycles. The van der Waals surface area contributed by atoms with E-state index >= 15 is 0 Å². The van der Waals surface area contributed by atoms with Gasteiger partial charge >= 0.3 is 0 Å². The largest absolute Gasteiger partial charge is 0.303 e. The molecule has 0 aromatic heterocycles. The van der Waals surface area contributed by atoms with Crippen molar-refractivity contribution >= 4 is 12.0 Å². The molecule has 31 heavy (non-hydrogen) atoms. The highest BCUT2D eigenvalue weighted by atomic mass is 16.1. The average molecular weight is 423 g/mol. The van der Waals surface area contributed by atoms with Crippen molar-refractivity contribution in [3.63, 3.8) is 0 Å². The minimum atomic E-state index is 0.678. The summed E-state index contributed by atoms with van der Waals surface area (Å²) in [5.41, 5.74) is 9.48. The molecule has 1 heteroatoms. The SMILES string of the molecule is CCCCCCCCCCCCCCCCCCCCc1c(CCC=O)c2c3c(c1-2)=C=3. The zero-order valence-corrected chi connectivity index (χ0v) is 20.3. The van der Waals surface area contributed by atoms with Crippen LogP contribution >= 0.6 is 0 Å². The molecule has 0 radical (unpaired) electrons. The van der Waals surface area contributed by atoms with Crippen molar-refractivity contribution in [2.24, 2.45) is 0 Å². The molecule has 0 unspecified atom stereocenters. The van der Waals surface area contributed by atoms with Crippen LogP contribution in [0.25, 0.3) is 16.9 Å². The third kappa shape index (κ3) is 7.35. The molecule has 0 saturated carbocycles. The Morgan fingerprint density at radius 1 is 0.548 bits per heavy atom. The second kappa shape index (κ2) is 13.9. The zero-order valence-electron chi connectivity index (χ0n) is 20.3. The Bertz CT molecular complexity index is 812. The highest BCUT2D eigenvalue weighted by Gasteiger charge is 2.33. The first-order chi connectivity index (χ1) is 15.4. The fraction of sp³-hybridized carbons (Fsp3) is 0.733. The van der Waals surface area contributed by atoms with Crippen molar-refractivity contribution in [2.45, 2.75) is 142 Å². The molecule has 3 rings (SSSR count). The maximum atomic E-state index is 10.7. The number of aldehydes is 1. The Morgan fingerprint density at radius 3 is 1.35 bits per heavy atom. The van der Waals surface area contributed by atoms with E-state index in [0.29, 0.717) is 6.42 Å². The Kier molecular flexibility index (Phi) is 10.9. The molecule has 0 atom stereocenters. The first-order valence-electron chi connectivity index (χ1n) is 13.8. The van der Waals surface area contributed by atoms with Crippen LogP contribution in [-0.4, -0.2) is 6.29 Å². The van der Waals surface area contributed by atoms with Crippen molar-refractivity contribution < 1.29 is 4.79 Å². The summed E-state index contributed by atoms with van der Waals surface area (Å²) in [6.07, 6.45) is 29.7. The summed E-state index contributed by atoms with van der Waals surface area (Å²) in [6, 6.07) is 0. The first kappa shape index (κ1) is 24.3. The summed E-state index contributed by atoms with van der Waals surface area (Å²) in [4.78, 5) is 10.7. The van der Waals surface area contributed by atoms with Crippen molar-refractivity contribution in [1.29, 1.82) is 0 Å². The van der Waals surface area contributed by atoms with Gasteiger partial charge in [0.15, 0.2) is 0 Å². The quantitative estimate of drug-likeness (QED) is 0.121. The smallest absolute Gasteiger partial charge is 0.120 e. The number of fused-ring (bicyclic) bond motifs is 4. The fourth-order valence-electron chi connectivity index (χ4n) is 5.46. The summed E-state index contributed by atoms with van der Waals surface area (Å²) in [7, 11) is 0. The van der Waals surface area contributed by atoms with Gasteiger partial charge in [-0.3, -0.25) is 0 Å². The van der Waals surface area contributed by atoms with E-state index < -0.39 is 0 Å². The van der Waals surface area contributed by atoms with E-state index in [9.17, 15) is 4.79 Å². The van der Waals surface area contributed by atoms with Crippen molar-refractivity contribution in [2.75, 3.05) is 0 Å². The maximum Gasteiger partial charge on any atom is 0.120 e. The van der Waals surface area contributed by atoms with Gasteiger partial charge in [-0.05, 0) is 30.4 Å². The summed E-state index contributed by atoms with van der Waals surface area (Å²) < 4.78 is 0. The molecule has 1 nitrogen and oxygen atoms in total. The molecular weight excluding hydrogens is 376 g/mol. The average Bonchev–Trinajstić information content (AvgIpc) is 3.45. The van der Waals surface area contributed by atoms with E-state index in [1.165, 1.54) is 149 Å². The molecule has 0 spiro atoms. The molecular formula is C30H46O. The van der Waals surface area contributed by atoms with Crippen LogP contribution in [0.1, 0.15) is 140 Å². The summed E-state index contributed by atoms with van der Waals surface area (Å²) in [6.45, 7) is 2.30. The van der Waals surface area contributed by atoms with Gasteiger partial charge in [0, 0.05) is 28.0 Å². The van der Waals surface area contributed by atoms with Gasteiger partial charge in [-0.15, -0.1) is 5.73 Å². The number of hydrogen-bond donors (Lipinski definition) is 0. The van der Waals surface area contributed by atoms with Gasteiger partial charge in [0.2, 0.25) is 0 Å². The highest BCUT2D eigenvalue weighted by molar-refractivity contribution is 5.93. The van der Waals surface area contributed by atoms with Crippen LogP contribution < -0.4 is 10.4 Å². The number of benzene rings is 1. The Hall–Kier alpha value is -1.33. The predicted molar refractivity (Wildman–Crippen MR) is 134 cm³/mol. The number of carbonyl (C=O) groups is 1. The number of hydrogen-bond acceptors (Lipinski definition) is 1. The van der Waals surface area contributed by atoms with Gasteiger partial charge in [-0.25, -0.2) is 0 Å². The van der Waals surface area contributed by atoms with Crippen LogP contribution in [0.5, 0.6) is 0 Å². The topological polar surface area (TPSA) is 17.1 Å². The van der Waals surface area contributed by atoms with Gasteiger partial charge in [0.25, 0.3) is 0 Å². The molecule has 0 fully saturated rings. The van der Waals surface area contributed by atoms with Crippen LogP contribution in [0.4, 0.5) is 0 Å². The summed E-state index contributed by atoms with van der Waals surface area (Å²) in [5.74, 6) is 0. The molecule has 0 bridgehead atoms. The van der Waals surface area contributed by atoms with Crippen LogP contribution in [0.3, 0.4) is 0 Å². The lowest BCUT2D eigenvalue weighted by Gasteiger charge is -2.27. The Labute approximate surface area is 191 Å². The van der Waals surface area contributed by atoms with E-state index in [2.05, 4.69) is 12.7 Å². The van der Waals surface area contributed by atoms with Crippen LogP contribution in [-0.2, 0) is 17.6 Å². The minimum absolute atomic E-state index is 0.678. The molecule has 0 amide bonds. The fourth-order valence-corrected chi connectivity index (χ4v) is 5.46. The monoisotopic (exact) mass is 422 g/mol. The van der Waals surface area contributed by atoms with Crippen molar-refractivity contribution in [3.05, 3.63) is 21.6 Å². The standard InChI is InChI=1S/C30H46O/c1-2-3-4-5-6-7-8-9-10-11-12-13-14-15-16-17-18-19-21-25-26(22-20-23-31)30-28-24-27(28)29(25)30/h23H,2-22H2,1H3. The van der Waals surface area contributed by atoms with Crippen molar-refractivity contribution in [3.8, 4) is 11.1 Å². The van der Waals surface area contributed by atoms with E-state index in [4.69, 9.17) is 0 Å². The summed E-state index contributed by atoms with van der Waals surface area (Å²) >= 11 is 0. The lowest BCUT2D eigenvalue weighted by molar-refractivity contribution is -0.107. The number of unbranched alkanes of at least 4 members (excludes halogenated alkanes) is 17. The van der Waals surface area contributed by atoms with Gasteiger partial charge in [0.1, 0.15) is 6.29 Å². The number of carbonyl (C=O) groups excluding carboxylic acids is 1. The molecule has 0 aromatic carbocycles. The second-order valence-electron chi connectivity index (χ2n) is 10.0. The van der Waals surface area contributed by atoms with Crippen LogP contribution in [0.15, 0.2) is 0 Å². The zero-order chi connectivity index (χ0) is 21.7. The van der Waals surface area contributed by atoms with E-state index in [1.807, 2.05) is 0 Å². The molecule has 3 aliphatic rings. The summed E-state index contributed by atoms with van der Waals surface area (Å²) in [5, 5.41) is 2.81. The third-order valence-corrected chi connectivity index (χ3v) is 7.45. The molecule has 172 valence electrons. The minimum Gasteiger partial charge on any atom is -0.303 e. The van der Waals surface area contributed by atoms with Crippen LogP contribution in [0, 0.1) is 0 Å². The van der Waals surface area contributed by atoms with E-state index in [1.54, 1.807) is 5.56 Å². The van der Waals surface area contributed by atoms with Gasteiger partial charge in [-0.1, -0.05) is 116 Å². The molecule has 0 aliphatic heterocycles. The van der Waals surface area contributed by atoms with Gasteiger partial charge < -0.3 is 4.79 Å². The lowest BCUT2D eigenvalue weighted by atomic mass is 9.76. The van der Waals surface area contributed by atoms with E-state index in [-0.39, 0.29) is 0 Å². The lowest BCUT2D eigenvalue weighted by Crippen LogP contribution is -2.32. The molecule has 0 N–H and O–H groups in total. The maximum absolute atomic E-state index is 10.7. The van der Waals surface area contributed by atoms with E-state index in [0.717, 1.165) is 12.7 Å². The number of rotatable bonds is 22. The second-order valence-corrected chi connectivity index (χ2v) is 10.0. The Balaban J connectivity index is 1.07.